The molecule has 0 aliphatic heterocycles. The molecule has 1 saturated carbocycles. The van der Waals surface area contributed by atoms with Crippen molar-refractivity contribution in [2.75, 3.05) is 33.2 Å². The number of nitrogens with two attached hydrogens (primary N) is 1. The molecular formula is C25H29N5O11P2. The number of methoxy groups -OCH3 is 2. The Morgan fingerprint density at radius 3 is 1.95 bits per heavy atom. The Hall–Kier alpha value is -3.91. The zero-order chi connectivity index (χ0) is 30.8. The fraction of sp³-hybridized carbons (Fsp3) is 0.320. The van der Waals surface area contributed by atoms with Crippen LogP contribution < -0.4 is 29.8 Å². The molecule has 43 heavy (non-hydrogen) atoms. The number of nitrogens with zero attached hydrogens (tertiary/aromatic N) is 3. The Kier molecular flexibility index (Phi) is 8.79. The summed E-state index contributed by atoms with van der Waals surface area (Å²) >= 11 is 0. The molecule has 1 fully saturated rings. The number of hydrogen-bond acceptors (Lipinski definition) is 12. The summed E-state index contributed by atoms with van der Waals surface area (Å²) in [5.41, 5.74) is 5.46. The van der Waals surface area contributed by atoms with Gasteiger partial charge in [-0.15, -0.1) is 0 Å². The van der Waals surface area contributed by atoms with Crippen molar-refractivity contribution in [3.8, 4) is 23.0 Å². The van der Waals surface area contributed by atoms with Crippen LogP contribution in [-0.2, 0) is 18.2 Å². The molecule has 5 N–H and O–H groups in total. The van der Waals surface area contributed by atoms with E-state index in [1.165, 1.54) is 44.8 Å². The maximum Gasteiger partial charge on any atom is 0.527 e. The van der Waals surface area contributed by atoms with E-state index in [2.05, 4.69) is 15.0 Å². The van der Waals surface area contributed by atoms with Crippen LogP contribution in [0, 0.1) is 11.8 Å². The standard InChI is InChI=1S/C25H29N5O11P2/c1-36-16-3-7-18(8-4-16)40-42(32,33)38-12-15-11-21(30-14-27-22-23(30)28-25(26)29-24(22)31)20(15)13-39-43(34,35)41-19-9-5-17(37-2)6-10-19/h3-10,14-15,20-21H,11-13H2,1-2H3,(H,32,33)(H,34,35)(H3,26,28,29,31)/t15-,20-,21-/m1/s1. The normalized spacial score (nSPS) is 20.9. The van der Waals surface area contributed by atoms with Gasteiger partial charge in [0.1, 0.15) is 23.0 Å². The van der Waals surface area contributed by atoms with Gasteiger partial charge in [0.05, 0.1) is 33.8 Å². The van der Waals surface area contributed by atoms with Gasteiger partial charge in [0.2, 0.25) is 5.95 Å². The summed E-state index contributed by atoms with van der Waals surface area (Å²) < 4.78 is 58.1. The number of nitrogens with one attached hydrogen (secondary N) is 1. The van der Waals surface area contributed by atoms with Gasteiger partial charge < -0.3 is 28.8 Å². The zero-order valence-electron chi connectivity index (χ0n) is 22.9. The molecule has 18 heteroatoms. The number of ether oxygens (including phenoxy) is 2. The van der Waals surface area contributed by atoms with Gasteiger partial charge in [-0.1, -0.05) is 0 Å². The molecule has 0 spiro atoms. The number of H-pyrrole nitrogens is 1. The first-order valence-electron chi connectivity index (χ1n) is 12.8. The maximum absolute atomic E-state index is 12.8. The van der Waals surface area contributed by atoms with Crippen LogP contribution in [0.2, 0.25) is 0 Å². The average molecular weight is 637 g/mol. The number of hydrogen-bond donors (Lipinski definition) is 4. The Bertz CT molecular complexity index is 1730. The minimum absolute atomic E-state index is 0.0528. The third kappa shape index (κ3) is 7.19. The van der Waals surface area contributed by atoms with Gasteiger partial charge in [0.25, 0.3) is 5.56 Å². The van der Waals surface area contributed by atoms with E-state index in [0.29, 0.717) is 17.9 Å². The number of anilines is 1. The molecule has 0 bridgehead atoms. The monoisotopic (exact) mass is 637 g/mol. The lowest BCUT2D eigenvalue weighted by atomic mass is 9.70. The minimum atomic E-state index is -4.61. The summed E-state index contributed by atoms with van der Waals surface area (Å²) in [5.74, 6) is 0.104. The number of phosphoric acid groups is 2. The van der Waals surface area contributed by atoms with E-state index >= 15 is 0 Å². The lowest BCUT2D eigenvalue weighted by molar-refractivity contribution is -0.00444. The van der Waals surface area contributed by atoms with Crippen molar-refractivity contribution in [1.29, 1.82) is 0 Å². The lowest BCUT2D eigenvalue weighted by Crippen LogP contribution is -2.43. The smallest absolute Gasteiger partial charge is 0.497 e. The highest BCUT2D eigenvalue weighted by atomic mass is 31.2. The molecule has 5 rings (SSSR count). The first kappa shape index (κ1) is 30.5. The van der Waals surface area contributed by atoms with Crippen LogP contribution in [0.1, 0.15) is 12.5 Å². The van der Waals surface area contributed by atoms with E-state index in [4.69, 9.17) is 33.3 Å². The van der Waals surface area contributed by atoms with Crippen LogP contribution in [0.5, 0.6) is 23.0 Å². The molecule has 0 saturated heterocycles. The highest BCUT2D eigenvalue weighted by Gasteiger charge is 2.46. The third-order valence-corrected chi connectivity index (χ3v) is 8.73. The van der Waals surface area contributed by atoms with Gasteiger partial charge in [-0.05, 0) is 60.9 Å². The number of aromatic nitrogens is 4. The van der Waals surface area contributed by atoms with Crippen molar-refractivity contribution in [3.63, 3.8) is 0 Å². The lowest BCUT2D eigenvalue weighted by Gasteiger charge is -2.45. The topological polar surface area (TPSA) is 220 Å². The molecule has 2 aromatic heterocycles. The number of nitrogen functional groups attached to an aromatic ring is 1. The van der Waals surface area contributed by atoms with Crippen molar-refractivity contribution in [2.24, 2.45) is 11.8 Å². The molecule has 0 amide bonds. The van der Waals surface area contributed by atoms with E-state index in [0.717, 1.165) is 0 Å². The number of fused-ring (bicyclic) bond motifs is 1. The molecular weight excluding hydrogens is 608 g/mol. The number of phosphoric ester groups is 2. The van der Waals surface area contributed by atoms with Crippen LogP contribution in [0.15, 0.2) is 59.7 Å². The van der Waals surface area contributed by atoms with Gasteiger partial charge in [-0.2, -0.15) is 4.98 Å². The van der Waals surface area contributed by atoms with Crippen molar-refractivity contribution in [2.45, 2.75) is 12.5 Å². The average Bonchev–Trinajstić information content (AvgIpc) is 3.36. The van der Waals surface area contributed by atoms with Crippen LogP contribution in [-0.4, -0.2) is 56.7 Å². The highest BCUT2D eigenvalue weighted by molar-refractivity contribution is 7.48. The maximum atomic E-state index is 12.8. The fourth-order valence-corrected chi connectivity index (χ4v) is 6.31. The quantitative estimate of drug-likeness (QED) is 0.155. The molecule has 5 atom stereocenters. The Labute approximate surface area is 244 Å². The van der Waals surface area contributed by atoms with E-state index < -0.39 is 39.1 Å². The molecule has 1 aliphatic carbocycles. The van der Waals surface area contributed by atoms with Gasteiger partial charge >= 0.3 is 15.6 Å². The van der Waals surface area contributed by atoms with E-state index in [-0.39, 0.29) is 41.8 Å². The SMILES string of the molecule is COc1ccc(OP(=O)(O)OC[C@H]2C[C@@H](n3cnc4c(=O)[nH]c(N)nc43)[C@@H]2COP(=O)(O)Oc2ccc(OC)cc2)cc1. The molecule has 230 valence electrons. The largest absolute Gasteiger partial charge is 0.527 e. The summed E-state index contributed by atoms with van der Waals surface area (Å²) in [6, 6.07) is 11.6. The van der Waals surface area contributed by atoms with Crippen LogP contribution in [0.25, 0.3) is 11.2 Å². The van der Waals surface area contributed by atoms with Crippen molar-refractivity contribution >= 4 is 32.8 Å². The van der Waals surface area contributed by atoms with E-state index in [1.807, 2.05) is 0 Å². The number of benzene rings is 2. The van der Waals surface area contributed by atoms with Crippen molar-refractivity contribution in [1.82, 2.24) is 19.5 Å². The van der Waals surface area contributed by atoms with E-state index in [9.17, 15) is 23.7 Å². The summed E-state index contributed by atoms with van der Waals surface area (Å²) in [4.78, 5) is 43.7. The number of aromatic amines is 1. The van der Waals surface area contributed by atoms with Crippen LogP contribution in [0.3, 0.4) is 0 Å². The third-order valence-electron chi connectivity index (χ3n) is 6.89. The highest BCUT2D eigenvalue weighted by Crippen LogP contribution is 2.52. The van der Waals surface area contributed by atoms with Crippen molar-refractivity contribution < 1.29 is 46.5 Å². The van der Waals surface area contributed by atoms with Crippen LogP contribution in [0.4, 0.5) is 5.95 Å². The first-order chi connectivity index (χ1) is 20.5. The molecule has 2 unspecified atom stereocenters. The molecule has 1 aliphatic rings. The second-order valence-electron chi connectivity index (χ2n) is 9.56. The zero-order valence-corrected chi connectivity index (χ0v) is 24.7. The molecule has 0 radical (unpaired) electrons. The fourth-order valence-electron chi connectivity index (χ4n) is 4.68. The number of rotatable bonds is 13. The second-order valence-corrected chi connectivity index (χ2v) is 12.3. The van der Waals surface area contributed by atoms with Gasteiger partial charge in [0, 0.05) is 12.0 Å². The van der Waals surface area contributed by atoms with Crippen molar-refractivity contribution in [3.05, 3.63) is 65.2 Å². The Balaban J connectivity index is 1.31. The predicted octanol–water partition coefficient (Wildman–Crippen LogP) is 3.29. The summed E-state index contributed by atoms with van der Waals surface area (Å²) in [7, 11) is -6.19. The Morgan fingerprint density at radius 2 is 1.42 bits per heavy atom. The summed E-state index contributed by atoms with van der Waals surface area (Å²) in [6.07, 6.45) is 1.75. The van der Waals surface area contributed by atoms with Gasteiger partial charge in [-0.3, -0.25) is 28.6 Å². The molecule has 2 aromatic carbocycles. The first-order valence-corrected chi connectivity index (χ1v) is 15.8. The molecule has 4 aromatic rings. The predicted molar refractivity (Wildman–Crippen MR) is 152 cm³/mol. The summed E-state index contributed by atoms with van der Waals surface area (Å²) in [6.45, 7) is -0.581. The van der Waals surface area contributed by atoms with E-state index in [1.54, 1.807) is 28.8 Å². The van der Waals surface area contributed by atoms with Gasteiger partial charge in [-0.25, -0.2) is 14.1 Å². The molecule has 16 nitrogen and oxygen atoms in total. The number of imidazole rings is 1. The Morgan fingerprint density at radius 1 is 0.907 bits per heavy atom. The summed E-state index contributed by atoms with van der Waals surface area (Å²) in [5, 5.41) is 0. The minimum Gasteiger partial charge on any atom is -0.497 e. The molecule has 2 heterocycles. The van der Waals surface area contributed by atoms with Gasteiger partial charge in [0.15, 0.2) is 11.2 Å². The van der Waals surface area contributed by atoms with Crippen LogP contribution >= 0.6 is 15.6 Å². The second kappa shape index (κ2) is 12.4.